The molecule has 0 nitrogen and oxygen atoms in total. The Balaban J connectivity index is 3.17. The third kappa shape index (κ3) is 3.57. The average molecular weight is 97.2 g/mol. The zero-order chi connectivity index (χ0) is 5.70. The highest BCUT2D eigenvalue weighted by molar-refractivity contribution is 4.98. The molecule has 0 aromatic carbocycles. The maximum Gasteiger partial charge on any atom is -0.0313 e. The minimum atomic E-state index is 1.20. The van der Waals surface area contributed by atoms with Crippen LogP contribution in [0.25, 0.3) is 0 Å². The highest BCUT2D eigenvalue weighted by atomic mass is 13.9. The van der Waals surface area contributed by atoms with Gasteiger partial charge in [0.15, 0.2) is 0 Å². The topological polar surface area (TPSA) is 0 Å². The summed E-state index contributed by atoms with van der Waals surface area (Å²) in [5.74, 6) is 0. The van der Waals surface area contributed by atoms with Crippen LogP contribution in [-0.2, 0) is 0 Å². The molecular weight excluding hydrogens is 84.1 g/mol. The van der Waals surface area contributed by atoms with E-state index in [0.717, 1.165) is 0 Å². The molecule has 41 valence electrons. The first-order valence-corrected chi connectivity index (χ1v) is 2.76. The molecule has 0 saturated carbocycles. The smallest absolute Gasteiger partial charge is 0.0313 e. The van der Waals surface area contributed by atoms with Crippen LogP contribution in [0.2, 0.25) is 0 Å². The molecule has 0 bridgehead atoms. The van der Waals surface area contributed by atoms with Gasteiger partial charge in [-0.3, -0.25) is 0 Å². The van der Waals surface area contributed by atoms with Gasteiger partial charge < -0.3 is 0 Å². The fraction of sp³-hybridized carbons (Fsp3) is 0.571. The van der Waals surface area contributed by atoms with Gasteiger partial charge in [0, 0.05) is 0 Å². The summed E-state index contributed by atoms with van der Waals surface area (Å²) >= 11 is 0. The van der Waals surface area contributed by atoms with Gasteiger partial charge in [-0.25, -0.2) is 0 Å². The molecule has 0 aromatic rings. The largest absolute Gasteiger partial charge is 0.0853 e. The van der Waals surface area contributed by atoms with E-state index in [1.807, 2.05) is 6.08 Å². The van der Waals surface area contributed by atoms with E-state index in [2.05, 4.69) is 20.8 Å². The highest BCUT2D eigenvalue weighted by Crippen LogP contribution is 2.00. The van der Waals surface area contributed by atoms with Crippen molar-refractivity contribution in [3.8, 4) is 0 Å². The normalized spacial score (nSPS) is 12.1. The van der Waals surface area contributed by atoms with Crippen molar-refractivity contribution in [2.75, 3.05) is 0 Å². The zero-order valence-corrected chi connectivity index (χ0v) is 5.20. The van der Waals surface area contributed by atoms with Gasteiger partial charge in [-0.05, 0) is 20.3 Å². The van der Waals surface area contributed by atoms with Crippen LogP contribution in [0.4, 0.5) is 0 Å². The Kier molecular flexibility index (Phi) is 3.77. The minimum Gasteiger partial charge on any atom is -0.0853 e. The maximum absolute atomic E-state index is 3.64. The number of hydrogen-bond acceptors (Lipinski definition) is 0. The summed E-state index contributed by atoms with van der Waals surface area (Å²) in [5, 5.41) is 0. The molecule has 0 aliphatic heterocycles. The summed E-state index contributed by atoms with van der Waals surface area (Å²) in [6.45, 7) is 7.92. The molecule has 0 unspecified atom stereocenters. The molecule has 0 aliphatic carbocycles. The monoisotopic (exact) mass is 97.1 g/mol. The minimum absolute atomic E-state index is 1.20. The van der Waals surface area contributed by atoms with E-state index in [9.17, 15) is 0 Å². The lowest BCUT2D eigenvalue weighted by Gasteiger charge is -1.90. The van der Waals surface area contributed by atoms with Gasteiger partial charge in [0.2, 0.25) is 0 Å². The number of hydrogen-bond donors (Lipinski definition) is 0. The Morgan fingerprint density at radius 1 is 1.71 bits per heavy atom. The fourth-order valence-corrected chi connectivity index (χ4v) is 0.496. The van der Waals surface area contributed by atoms with Gasteiger partial charge in [0.05, 0.1) is 0 Å². The van der Waals surface area contributed by atoms with Crippen LogP contribution >= 0.6 is 0 Å². The van der Waals surface area contributed by atoms with Crippen LogP contribution in [0.5, 0.6) is 0 Å². The van der Waals surface area contributed by atoms with Gasteiger partial charge in [0.1, 0.15) is 0 Å². The summed E-state index contributed by atoms with van der Waals surface area (Å²) in [7, 11) is 0. The molecule has 7 heavy (non-hydrogen) atoms. The molecule has 0 atom stereocenters. The molecular formula is C7H13. The maximum atomic E-state index is 3.64. The molecule has 0 amide bonds. The first-order valence-electron chi connectivity index (χ1n) is 2.76. The zero-order valence-electron chi connectivity index (χ0n) is 5.20. The Hall–Kier alpha value is -0.260. The van der Waals surface area contributed by atoms with E-state index in [4.69, 9.17) is 0 Å². The van der Waals surface area contributed by atoms with Crippen molar-refractivity contribution in [3.05, 3.63) is 18.6 Å². The second-order valence-corrected chi connectivity index (χ2v) is 1.80. The Morgan fingerprint density at radius 3 is 2.43 bits per heavy atom. The first-order chi connectivity index (χ1) is 3.31. The second-order valence-electron chi connectivity index (χ2n) is 1.80. The predicted molar refractivity (Wildman–Crippen MR) is 34.0 cm³/mol. The van der Waals surface area contributed by atoms with Gasteiger partial charge in [-0.15, -0.1) is 0 Å². The van der Waals surface area contributed by atoms with Crippen LogP contribution in [-0.4, -0.2) is 0 Å². The Labute approximate surface area is 46.2 Å². The lowest BCUT2D eigenvalue weighted by atomic mass is 10.2. The van der Waals surface area contributed by atoms with Crippen LogP contribution in [0.1, 0.15) is 26.7 Å². The van der Waals surface area contributed by atoms with E-state index in [-0.39, 0.29) is 0 Å². The fourth-order valence-electron chi connectivity index (χ4n) is 0.496. The summed E-state index contributed by atoms with van der Waals surface area (Å²) in [5.41, 5.74) is 1.39. The van der Waals surface area contributed by atoms with Gasteiger partial charge in [-0.2, -0.15) is 0 Å². The number of allylic oxidation sites excluding steroid dienone is 2. The standard InChI is InChI=1S/C7H13/c1-4-6-7(3)5-2/h5H,2,4,6H2,1,3H3/b7-5+. The molecule has 0 saturated heterocycles. The van der Waals surface area contributed by atoms with Crippen LogP contribution in [0, 0.1) is 6.92 Å². The molecule has 0 fully saturated rings. The van der Waals surface area contributed by atoms with E-state index >= 15 is 0 Å². The van der Waals surface area contributed by atoms with Crippen molar-refractivity contribution in [1.29, 1.82) is 0 Å². The molecule has 0 heterocycles. The highest BCUT2D eigenvalue weighted by Gasteiger charge is 1.79. The third-order valence-corrected chi connectivity index (χ3v) is 0.993. The van der Waals surface area contributed by atoms with Gasteiger partial charge in [0.25, 0.3) is 0 Å². The van der Waals surface area contributed by atoms with E-state index < -0.39 is 0 Å². The van der Waals surface area contributed by atoms with E-state index in [1.54, 1.807) is 0 Å². The first kappa shape index (κ1) is 6.74. The van der Waals surface area contributed by atoms with Crippen LogP contribution in [0.15, 0.2) is 11.6 Å². The number of rotatable bonds is 2. The third-order valence-electron chi connectivity index (χ3n) is 0.993. The lowest BCUT2D eigenvalue weighted by Crippen LogP contribution is -1.70. The van der Waals surface area contributed by atoms with Crippen molar-refractivity contribution in [1.82, 2.24) is 0 Å². The van der Waals surface area contributed by atoms with E-state index in [0.29, 0.717) is 0 Å². The molecule has 1 radical (unpaired) electrons. The molecule has 0 heteroatoms. The quantitative estimate of drug-likeness (QED) is 0.496. The van der Waals surface area contributed by atoms with Crippen LogP contribution < -0.4 is 0 Å². The van der Waals surface area contributed by atoms with Gasteiger partial charge >= 0.3 is 0 Å². The van der Waals surface area contributed by atoms with Crippen molar-refractivity contribution in [3.63, 3.8) is 0 Å². The molecule has 0 spiro atoms. The molecule has 0 rings (SSSR count). The second kappa shape index (κ2) is 3.91. The predicted octanol–water partition coefficient (Wildman–Crippen LogP) is 2.57. The van der Waals surface area contributed by atoms with Crippen molar-refractivity contribution < 1.29 is 0 Å². The summed E-state index contributed by atoms with van der Waals surface area (Å²) in [6, 6.07) is 0. The molecule has 0 aromatic heterocycles. The Morgan fingerprint density at radius 2 is 2.29 bits per heavy atom. The molecule has 0 aliphatic rings. The SMILES string of the molecule is [CH2]/C=C(\C)CCC. The summed E-state index contributed by atoms with van der Waals surface area (Å²) < 4.78 is 0. The van der Waals surface area contributed by atoms with Gasteiger partial charge in [-0.1, -0.05) is 25.0 Å². The summed E-state index contributed by atoms with van der Waals surface area (Å²) in [4.78, 5) is 0. The summed E-state index contributed by atoms with van der Waals surface area (Å²) in [6.07, 6.45) is 4.35. The van der Waals surface area contributed by atoms with Crippen LogP contribution in [0.3, 0.4) is 0 Å². The van der Waals surface area contributed by atoms with Crippen molar-refractivity contribution in [2.24, 2.45) is 0 Å². The average Bonchev–Trinajstić information content (AvgIpc) is 1.68. The van der Waals surface area contributed by atoms with Crippen molar-refractivity contribution in [2.45, 2.75) is 26.7 Å². The Bertz CT molecular complexity index is 60.4. The van der Waals surface area contributed by atoms with E-state index in [1.165, 1.54) is 18.4 Å². The molecule has 0 N–H and O–H groups in total. The van der Waals surface area contributed by atoms with Crippen molar-refractivity contribution >= 4 is 0 Å². The lowest BCUT2D eigenvalue weighted by molar-refractivity contribution is 0.905.